The minimum atomic E-state index is 0.147. The van der Waals surface area contributed by atoms with Crippen LogP contribution in [0.25, 0.3) is 0 Å². The Balaban J connectivity index is 2.59. The van der Waals surface area contributed by atoms with Gasteiger partial charge in [0.05, 0.1) is 0 Å². The number of benzene rings is 2. The van der Waals surface area contributed by atoms with E-state index in [4.69, 9.17) is 0 Å². The Morgan fingerprint density at radius 3 is 1.44 bits per heavy atom. The Morgan fingerprint density at radius 1 is 0.593 bits per heavy atom. The van der Waals surface area contributed by atoms with Gasteiger partial charge in [-0.1, -0.05) is 112 Å². The lowest BCUT2D eigenvalue weighted by atomic mass is 9.71. The standard InChI is InChI=1S/C27H40/c1-19(18-20-14-11-12-15-21(20)25(2,3)4)24-22(26(5,6)7)16-13-17-23(24)27(8,9)10/h11-17,19H,18H2,1-10H3. The molecule has 2 aromatic rings. The molecule has 0 amide bonds. The summed E-state index contributed by atoms with van der Waals surface area (Å²) < 4.78 is 0. The van der Waals surface area contributed by atoms with E-state index in [1.54, 1.807) is 5.56 Å². The smallest absolute Gasteiger partial charge is 0.0129 e. The first-order valence-electron chi connectivity index (χ1n) is 10.4. The summed E-state index contributed by atoms with van der Waals surface area (Å²) in [5.74, 6) is 0.484. The van der Waals surface area contributed by atoms with Crippen LogP contribution in [0.3, 0.4) is 0 Å². The molecule has 0 aliphatic rings. The minimum Gasteiger partial charge on any atom is -0.0620 e. The third kappa shape index (κ3) is 5.03. The molecule has 0 saturated heterocycles. The van der Waals surface area contributed by atoms with Gasteiger partial charge in [-0.05, 0) is 56.4 Å². The highest BCUT2D eigenvalue weighted by atomic mass is 14.3. The second-order valence-electron chi connectivity index (χ2n) is 11.3. The van der Waals surface area contributed by atoms with E-state index in [1.165, 1.54) is 22.3 Å². The molecule has 0 N–H and O–H groups in total. The third-order valence-corrected chi connectivity index (χ3v) is 5.57. The largest absolute Gasteiger partial charge is 0.0620 e. The van der Waals surface area contributed by atoms with Crippen molar-refractivity contribution in [1.82, 2.24) is 0 Å². The lowest BCUT2D eigenvalue weighted by Crippen LogP contribution is -2.23. The average molecular weight is 365 g/mol. The molecule has 0 aromatic heterocycles. The zero-order valence-corrected chi connectivity index (χ0v) is 19.3. The van der Waals surface area contributed by atoms with Gasteiger partial charge in [0, 0.05) is 0 Å². The fraction of sp³-hybridized carbons (Fsp3) is 0.556. The second kappa shape index (κ2) is 7.46. The molecule has 0 saturated carbocycles. The maximum Gasteiger partial charge on any atom is -0.0129 e. The molecule has 0 bridgehead atoms. The van der Waals surface area contributed by atoms with Gasteiger partial charge in [-0.25, -0.2) is 0 Å². The summed E-state index contributed by atoms with van der Waals surface area (Å²) in [6.07, 6.45) is 1.09. The summed E-state index contributed by atoms with van der Waals surface area (Å²) in [5, 5.41) is 0. The highest BCUT2D eigenvalue weighted by molar-refractivity contribution is 5.46. The number of rotatable bonds is 3. The van der Waals surface area contributed by atoms with Crippen LogP contribution in [0.2, 0.25) is 0 Å². The molecule has 2 rings (SSSR count). The van der Waals surface area contributed by atoms with Crippen LogP contribution in [0.15, 0.2) is 42.5 Å². The van der Waals surface area contributed by atoms with Crippen molar-refractivity contribution in [3.05, 3.63) is 70.3 Å². The molecule has 0 heterocycles. The van der Waals surface area contributed by atoms with Gasteiger partial charge in [0.25, 0.3) is 0 Å². The zero-order chi connectivity index (χ0) is 20.6. The molecule has 0 aliphatic heterocycles. The lowest BCUT2D eigenvalue weighted by molar-refractivity contribution is 0.536. The summed E-state index contributed by atoms with van der Waals surface area (Å²) in [6, 6.07) is 15.9. The van der Waals surface area contributed by atoms with Crippen LogP contribution in [0, 0.1) is 0 Å². The van der Waals surface area contributed by atoms with Crippen LogP contribution in [0.4, 0.5) is 0 Å². The van der Waals surface area contributed by atoms with Crippen LogP contribution in [0.5, 0.6) is 0 Å². The lowest BCUT2D eigenvalue weighted by Gasteiger charge is -2.33. The minimum absolute atomic E-state index is 0.147. The summed E-state index contributed by atoms with van der Waals surface area (Å²) in [4.78, 5) is 0. The second-order valence-corrected chi connectivity index (χ2v) is 11.3. The quantitative estimate of drug-likeness (QED) is 0.518. The van der Waals surface area contributed by atoms with Gasteiger partial charge in [0.2, 0.25) is 0 Å². The van der Waals surface area contributed by atoms with E-state index >= 15 is 0 Å². The van der Waals surface area contributed by atoms with Gasteiger partial charge in [0.1, 0.15) is 0 Å². The first-order valence-corrected chi connectivity index (χ1v) is 10.4. The van der Waals surface area contributed by atoms with Gasteiger partial charge >= 0.3 is 0 Å². The molecule has 1 unspecified atom stereocenters. The molecule has 1 atom stereocenters. The highest BCUT2D eigenvalue weighted by Gasteiger charge is 2.28. The van der Waals surface area contributed by atoms with Crippen LogP contribution in [-0.2, 0) is 22.7 Å². The summed E-state index contributed by atoms with van der Waals surface area (Å²) in [7, 11) is 0. The van der Waals surface area contributed by atoms with Gasteiger partial charge in [-0.3, -0.25) is 0 Å². The molecule has 0 heteroatoms. The predicted molar refractivity (Wildman–Crippen MR) is 121 cm³/mol. The van der Waals surface area contributed by atoms with Crippen molar-refractivity contribution in [3.8, 4) is 0 Å². The third-order valence-electron chi connectivity index (χ3n) is 5.57. The van der Waals surface area contributed by atoms with E-state index in [1.807, 2.05) is 0 Å². The molecule has 0 spiro atoms. The summed E-state index contributed by atoms with van der Waals surface area (Å²) >= 11 is 0. The van der Waals surface area contributed by atoms with E-state index in [-0.39, 0.29) is 16.2 Å². The Hall–Kier alpha value is -1.56. The fourth-order valence-corrected chi connectivity index (χ4v) is 4.27. The number of hydrogen-bond donors (Lipinski definition) is 0. The van der Waals surface area contributed by atoms with Crippen LogP contribution in [0.1, 0.15) is 103 Å². The Morgan fingerprint density at radius 2 is 1.00 bits per heavy atom. The van der Waals surface area contributed by atoms with Crippen molar-refractivity contribution in [2.24, 2.45) is 0 Å². The van der Waals surface area contributed by atoms with Crippen molar-refractivity contribution < 1.29 is 0 Å². The van der Waals surface area contributed by atoms with E-state index < -0.39 is 0 Å². The van der Waals surface area contributed by atoms with Crippen molar-refractivity contribution in [1.29, 1.82) is 0 Å². The van der Waals surface area contributed by atoms with Crippen LogP contribution in [-0.4, -0.2) is 0 Å². The highest BCUT2D eigenvalue weighted by Crippen LogP contribution is 2.40. The zero-order valence-electron chi connectivity index (χ0n) is 19.3. The topological polar surface area (TPSA) is 0 Å². The molecular formula is C27H40. The Labute approximate surface area is 168 Å². The predicted octanol–water partition coefficient (Wildman–Crippen LogP) is 7.93. The molecule has 27 heavy (non-hydrogen) atoms. The molecule has 2 aromatic carbocycles. The molecule has 0 nitrogen and oxygen atoms in total. The van der Waals surface area contributed by atoms with Gasteiger partial charge in [0.15, 0.2) is 0 Å². The normalized spacial score (nSPS) is 14.3. The van der Waals surface area contributed by atoms with Crippen molar-refractivity contribution in [3.63, 3.8) is 0 Å². The maximum atomic E-state index is 2.42. The monoisotopic (exact) mass is 364 g/mol. The average Bonchev–Trinajstić information content (AvgIpc) is 2.52. The van der Waals surface area contributed by atoms with E-state index in [9.17, 15) is 0 Å². The van der Waals surface area contributed by atoms with E-state index in [2.05, 4.69) is 112 Å². The molecular weight excluding hydrogens is 324 g/mol. The van der Waals surface area contributed by atoms with Crippen molar-refractivity contribution >= 4 is 0 Å². The molecule has 0 radical (unpaired) electrons. The molecule has 0 fully saturated rings. The molecule has 0 aliphatic carbocycles. The van der Waals surface area contributed by atoms with Crippen molar-refractivity contribution in [2.75, 3.05) is 0 Å². The first kappa shape index (κ1) is 21.7. The first-order chi connectivity index (χ1) is 12.2. The van der Waals surface area contributed by atoms with Gasteiger partial charge in [-0.15, -0.1) is 0 Å². The number of hydrogen-bond acceptors (Lipinski definition) is 0. The van der Waals surface area contributed by atoms with Crippen molar-refractivity contribution in [2.45, 2.75) is 97.8 Å². The van der Waals surface area contributed by atoms with Gasteiger partial charge < -0.3 is 0 Å². The molecule has 148 valence electrons. The maximum absolute atomic E-state index is 2.42. The Kier molecular flexibility index (Phi) is 6.00. The van der Waals surface area contributed by atoms with Gasteiger partial charge in [-0.2, -0.15) is 0 Å². The Bertz CT molecular complexity index is 741. The summed E-state index contributed by atoms with van der Waals surface area (Å²) in [5.41, 5.74) is 7.98. The SMILES string of the molecule is CC(Cc1ccccc1C(C)(C)C)c1c(C(C)(C)C)cccc1C(C)(C)C. The van der Waals surface area contributed by atoms with E-state index in [0.29, 0.717) is 5.92 Å². The van der Waals surface area contributed by atoms with Crippen LogP contribution < -0.4 is 0 Å². The van der Waals surface area contributed by atoms with E-state index in [0.717, 1.165) is 6.42 Å². The fourth-order valence-electron chi connectivity index (χ4n) is 4.27. The summed E-state index contributed by atoms with van der Waals surface area (Å²) in [6.45, 7) is 23.4. The van der Waals surface area contributed by atoms with Crippen LogP contribution >= 0.6 is 0 Å².